The number of benzene rings is 1. The lowest BCUT2D eigenvalue weighted by molar-refractivity contribution is 0.338. The van der Waals surface area contributed by atoms with Gasteiger partial charge in [0.15, 0.2) is 0 Å². The molecule has 88 valence electrons. The molecule has 1 aromatic rings. The van der Waals surface area contributed by atoms with Gasteiger partial charge in [-0.15, -0.1) is 0 Å². The van der Waals surface area contributed by atoms with Crippen molar-refractivity contribution in [1.29, 1.82) is 5.41 Å². The van der Waals surface area contributed by atoms with Crippen LogP contribution in [0.15, 0.2) is 24.3 Å². The van der Waals surface area contributed by atoms with Crippen LogP contribution in [0.4, 0.5) is 0 Å². The average molecular weight is 220 g/mol. The molecule has 0 aliphatic rings. The van der Waals surface area contributed by atoms with Crippen molar-refractivity contribution in [3.05, 3.63) is 29.8 Å². The highest BCUT2D eigenvalue weighted by Gasteiger charge is 2.12. The smallest absolute Gasteiger partial charge is 0.131 e. The molecule has 0 radical (unpaired) electrons. The largest absolute Gasteiger partial charge is 0.493 e. The second-order valence-corrected chi connectivity index (χ2v) is 3.45. The summed E-state index contributed by atoms with van der Waals surface area (Å²) >= 11 is 0. The van der Waals surface area contributed by atoms with Gasteiger partial charge in [-0.2, -0.15) is 0 Å². The SMILES string of the molecule is CCOc1ccccc1C(=N)N(CC)CC. The van der Waals surface area contributed by atoms with Gasteiger partial charge in [-0.1, -0.05) is 12.1 Å². The van der Waals surface area contributed by atoms with Crippen LogP contribution in [0.2, 0.25) is 0 Å². The van der Waals surface area contributed by atoms with Gasteiger partial charge in [0.25, 0.3) is 0 Å². The van der Waals surface area contributed by atoms with Gasteiger partial charge >= 0.3 is 0 Å². The van der Waals surface area contributed by atoms with Gasteiger partial charge in [0, 0.05) is 13.1 Å². The average Bonchev–Trinajstić information content (AvgIpc) is 2.31. The van der Waals surface area contributed by atoms with E-state index in [9.17, 15) is 0 Å². The molecule has 0 saturated carbocycles. The standard InChI is InChI=1S/C13H20N2O/c1-4-15(5-2)13(14)11-9-7-8-10-12(11)16-6-3/h7-10,14H,4-6H2,1-3H3. The highest BCUT2D eigenvalue weighted by atomic mass is 16.5. The minimum atomic E-state index is 0.536. The third-order valence-electron chi connectivity index (χ3n) is 2.52. The van der Waals surface area contributed by atoms with E-state index < -0.39 is 0 Å². The summed E-state index contributed by atoms with van der Waals surface area (Å²) in [6, 6.07) is 7.72. The van der Waals surface area contributed by atoms with Crippen LogP contribution in [0, 0.1) is 5.41 Å². The highest BCUT2D eigenvalue weighted by Crippen LogP contribution is 2.19. The van der Waals surface area contributed by atoms with Crippen LogP contribution in [0.5, 0.6) is 5.75 Å². The number of nitrogens with zero attached hydrogens (tertiary/aromatic N) is 1. The first-order valence-corrected chi connectivity index (χ1v) is 5.80. The van der Waals surface area contributed by atoms with Gasteiger partial charge in [0.05, 0.1) is 12.2 Å². The van der Waals surface area contributed by atoms with E-state index in [1.165, 1.54) is 0 Å². The third kappa shape index (κ3) is 2.75. The molecule has 0 aromatic heterocycles. The van der Waals surface area contributed by atoms with E-state index in [-0.39, 0.29) is 0 Å². The number of para-hydroxylation sites is 1. The molecule has 1 aromatic carbocycles. The van der Waals surface area contributed by atoms with E-state index in [2.05, 4.69) is 13.8 Å². The molecule has 0 amide bonds. The molecular formula is C13H20N2O. The Hall–Kier alpha value is -1.51. The maximum atomic E-state index is 8.15. The predicted octanol–water partition coefficient (Wildman–Crippen LogP) is 2.75. The van der Waals surface area contributed by atoms with Crippen LogP contribution in [0.1, 0.15) is 26.3 Å². The van der Waals surface area contributed by atoms with Gasteiger partial charge in [0.1, 0.15) is 11.6 Å². The van der Waals surface area contributed by atoms with Crippen LogP contribution < -0.4 is 4.74 Å². The van der Waals surface area contributed by atoms with Crippen LogP contribution in [0.3, 0.4) is 0 Å². The third-order valence-corrected chi connectivity index (χ3v) is 2.52. The first-order valence-electron chi connectivity index (χ1n) is 5.80. The molecule has 0 heterocycles. The zero-order valence-electron chi connectivity index (χ0n) is 10.3. The van der Waals surface area contributed by atoms with Crippen molar-refractivity contribution in [2.24, 2.45) is 0 Å². The summed E-state index contributed by atoms with van der Waals surface area (Å²) in [7, 11) is 0. The van der Waals surface area contributed by atoms with Gasteiger partial charge in [-0.3, -0.25) is 5.41 Å². The fourth-order valence-corrected chi connectivity index (χ4v) is 1.65. The molecule has 3 nitrogen and oxygen atoms in total. The Morgan fingerprint density at radius 1 is 1.19 bits per heavy atom. The second kappa shape index (κ2) is 6.16. The zero-order valence-corrected chi connectivity index (χ0v) is 10.3. The van der Waals surface area contributed by atoms with Crippen LogP contribution >= 0.6 is 0 Å². The summed E-state index contributed by atoms with van der Waals surface area (Å²) in [5.41, 5.74) is 0.869. The van der Waals surface area contributed by atoms with E-state index in [0.717, 1.165) is 24.4 Å². The summed E-state index contributed by atoms with van der Waals surface area (Å²) in [5.74, 6) is 1.33. The van der Waals surface area contributed by atoms with Crippen LogP contribution in [0.25, 0.3) is 0 Å². The monoisotopic (exact) mass is 220 g/mol. The Morgan fingerprint density at radius 3 is 2.38 bits per heavy atom. The predicted molar refractivity (Wildman–Crippen MR) is 67.4 cm³/mol. The number of hydrogen-bond donors (Lipinski definition) is 1. The molecule has 0 unspecified atom stereocenters. The Bertz CT molecular complexity index is 346. The number of ether oxygens (including phenoxy) is 1. The lowest BCUT2D eigenvalue weighted by atomic mass is 10.1. The van der Waals surface area contributed by atoms with Crippen molar-refractivity contribution in [3.8, 4) is 5.75 Å². The number of nitrogens with one attached hydrogen (secondary N) is 1. The molecular weight excluding hydrogens is 200 g/mol. The Morgan fingerprint density at radius 2 is 1.81 bits per heavy atom. The van der Waals surface area contributed by atoms with Crippen LogP contribution in [-0.2, 0) is 0 Å². The number of rotatable bonds is 5. The Labute approximate surface area is 97.5 Å². The van der Waals surface area contributed by atoms with E-state index in [1.807, 2.05) is 36.1 Å². The van der Waals surface area contributed by atoms with Crippen molar-refractivity contribution in [2.75, 3.05) is 19.7 Å². The van der Waals surface area contributed by atoms with Gasteiger partial charge in [-0.05, 0) is 32.9 Å². The lowest BCUT2D eigenvalue weighted by Crippen LogP contribution is -2.30. The minimum absolute atomic E-state index is 0.536. The molecule has 0 bridgehead atoms. The van der Waals surface area contributed by atoms with Crippen molar-refractivity contribution >= 4 is 5.84 Å². The normalized spacial score (nSPS) is 9.94. The highest BCUT2D eigenvalue weighted by molar-refractivity contribution is 5.98. The van der Waals surface area contributed by atoms with Crippen LogP contribution in [-0.4, -0.2) is 30.4 Å². The molecule has 0 aliphatic heterocycles. The first-order chi connectivity index (χ1) is 7.74. The van der Waals surface area contributed by atoms with Gasteiger partial charge in [-0.25, -0.2) is 0 Å². The molecule has 16 heavy (non-hydrogen) atoms. The summed E-state index contributed by atoms with van der Waals surface area (Å²) < 4.78 is 5.53. The van der Waals surface area contributed by atoms with Gasteiger partial charge in [0.2, 0.25) is 0 Å². The van der Waals surface area contributed by atoms with Crippen molar-refractivity contribution < 1.29 is 4.74 Å². The number of hydrogen-bond acceptors (Lipinski definition) is 2. The second-order valence-electron chi connectivity index (χ2n) is 3.45. The van der Waals surface area contributed by atoms with E-state index in [4.69, 9.17) is 10.1 Å². The quantitative estimate of drug-likeness (QED) is 0.612. The lowest BCUT2D eigenvalue weighted by Gasteiger charge is -2.23. The molecule has 0 aliphatic carbocycles. The summed E-state index contributed by atoms with van der Waals surface area (Å²) in [6.07, 6.45) is 0. The molecule has 0 spiro atoms. The molecule has 1 rings (SSSR count). The Balaban J connectivity index is 2.97. The number of amidine groups is 1. The molecule has 0 fully saturated rings. The minimum Gasteiger partial charge on any atom is -0.493 e. The molecule has 1 N–H and O–H groups in total. The van der Waals surface area contributed by atoms with E-state index >= 15 is 0 Å². The van der Waals surface area contributed by atoms with E-state index in [0.29, 0.717) is 12.4 Å². The van der Waals surface area contributed by atoms with E-state index in [1.54, 1.807) is 0 Å². The fourth-order valence-electron chi connectivity index (χ4n) is 1.65. The molecule has 0 saturated heterocycles. The maximum absolute atomic E-state index is 8.15. The fraction of sp³-hybridized carbons (Fsp3) is 0.462. The summed E-state index contributed by atoms with van der Waals surface area (Å²) in [5, 5.41) is 8.15. The van der Waals surface area contributed by atoms with Crippen molar-refractivity contribution in [2.45, 2.75) is 20.8 Å². The molecule has 0 atom stereocenters. The Kier molecular flexibility index (Phi) is 4.83. The first kappa shape index (κ1) is 12.6. The zero-order chi connectivity index (χ0) is 12.0. The molecule has 3 heteroatoms. The summed E-state index contributed by atoms with van der Waals surface area (Å²) in [4.78, 5) is 2.01. The van der Waals surface area contributed by atoms with Gasteiger partial charge < -0.3 is 9.64 Å². The van der Waals surface area contributed by atoms with Crippen molar-refractivity contribution in [1.82, 2.24) is 4.90 Å². The topological polar surface area (TPSA) is 36.3 Å². The van der Waals surface area contributed by atoms with Crippen molar-refractivity contribution in [3.63, 3.8) is 0 Å². The summed E-state index contributed by atoms with van der Waals surface area (Å²) in [6.45, 7) is 8.38. The maximum Gasteiger partial charge on any atom is 0.131 e.